The van der Waals surface area contributed by atoms with Gasteiger partial charge < -0.3 is 9.47 Å². The molecule has 0 N–H and O–H groups in total. The third-order valence-corrected chi connectivity index (χ3v) is 4.50. The number of aromatic nitrogens is 3. The predicted molar refractivity (Wildman–Crippen MR) is 88.3 cm³/mol. The van der Waals surface area contributed by atoms with Crippen molar-refractivity contribution in [2.75, 3.05) is 13.2 Å². The Morgan fingerprint density at radius 2 is 2.04 bits per heavy atom. The lowest BCUT2D eigenvalue weighted by Crippen LogP contribution is -2.48. The van der Waals surface area contributed by atoms with Gasteiger partial charge in [-0.05, 0) is 31.0 Å². The minimum absolute atomic E-state index is 0.0307. The number of carbonyl (C=O) groups excluding carboxylic acids is 1. The average molecular weight is 347 g/mol. The van der Waals surface area contributed by atoms with Gasteiger partial charge in [-0.25, -0.2) is 14.1 Å². The van der Waals surface area contributed by atoms with Crippen molar-refractivity contribution in [1.29, 1.82) is 0 Å². The van der Waals surface area contributed by atoms with Crippen LogP contribution in [0.1, 0.15) is 31.9 Å². The van der Waals surface area contributed by atoms with Crippen LogP contribution in [0.15, 0.2) is 36.9 Å². The molecule has 0 bridgehead atoms. The molecule has 2 aromatic rings. The van der Waals surface area contributed by atoms with Crippen molar-refractivity contribution < 1.29 is 18.7 Å². The van der Waals surface area contributed by atoms with Gasteiger partial charge in [0.1, 0.15) is 24.5 Å². The number of carbonyl (C=O) groups is 1. The third kappa shape index (κ3) is 3.93. The molecule has 6 nitrogen and oxygen atoms in total. The van der Waals surface area contributed by atoms with E-state index in [9.17, 15) is 9.18 Å². The van der Waals surface area contributed by atoms with Gasteiger partial charge >= 0.3 is 0 Å². The van der Waals surface area contributed by atoms with Crippen LogP contribution in [-0.2, 0) is 20.7 Å². The molecule has 1 atom stereocenters. The zero-order valence-corrected chi connectivity index (χ0v) is 14.4. The molecule has 1 aromatic heterocycles. The molecule has 2 heterocycles. The molecule has 1 unspecified atom stereocenters. The van der Waals surface area contributed by atoms with E-state index in [1.165, 1.54) is 24.8 Å². The number of ketones is 1. The number of halogens is 1. The minimum Gasteiger partial charge on any atom is -0.352 e. The normalized spacial score (nSPS) is 24.8. The molecule has 1 aliphatic heterocycles. The first kappa shape index (κ1) is 17.7. The van der Waals surface area contributed by atoms with Crippen LogP contribution in [0.5, 0.6) is 0 Å². The summed E-state index contributed by atoms with van der Waals surface area (Å²) in [7, 11) is 0. The van der Waals surface area contributed by atoms with Crippen LogP contribution >= 0.6 is 0 Å². The summed E-state index contributed by atoms with van der Waals surface area (Å²) in [5.74, 6) is -0.337. The number of Topliss-reactive ketones (excluding diaryl/α,β-unsaturated/α-hetero) is 1. The highest BCUT2D eigenvalue weighted by Crippen LogP contribution is 2.32. The molecule has 134 valence electrons. The fourth-order valence-corrected chi connectivity index (χ4v) is 2.95. The highest BCUT2D eigenvalue weighted by atomic mass is 19.1. The Bertz CT molecular complexity index is 695. The van der Waals surface area contributed by atoms with Gasteiger partial charge in [-0.2, -0.15) is 5.10 Å². The second-order valence-electron chi connectivity index (χ2n) is 6.61. The first-order chi connectivity index (χ1) is 12.0. The molecule has 7 heteroatoms. The Hall–Kier alpha value is -2.12. The Balaban J connectivity index is 1.82. The quantitative estimate of drug-likeness (QED) is 0.803. The van der Waals surface area contributed by atoms with E-state index in [4.69, 9.17) is 9.47 Å². The summed E-state index contributed by atoms with van der Waals surface area (Å²) in [6.07, 6.45) is 3.80. The highest BCUT2D eigenvalue weighted by molar-refractivity contribution is 5.88. The zero-order valence-electron chi connectivity index (χ0n) is 14.4. The molecule has 0 spiro atoms. The maximum Gasteiger partial charge on any atom is 0.168 e. The van der Waals surface area contributed by atoms with Crippen molar-refractivity contribution >= 4 is 5.78 Å². The number of hydrogen-bond acceptors (Lipinski definition) is 5. The van der Waals surface area contributed by atoms with Crippen LogP contribution in [0.25, 0.3) is 0 Å². The van der Waals surface area contributed by atoms with Crippen molar-refractivity contribution in [2.45, 2.75) is 39.0 Å². The van der Waals surface area contributed by atoms with Crippen LogP contribution in [0.2, 0.25) is 0 Å². The molecule has 0 amide bonds. The van der Waals surface area contributed by atoms with Crippen LogP contribution < -0.4 is 0 Å². The summed E-state index contributed by atoms with van der Waals surface area (Å²) in [5, 5.41) is 4.14. The molecule has 0 radical (unpaired) electrons. The summed E-state index contributed by atoms with van der Waals surface area (Å²) in [5.41, 5.74) is 0.0883. The Kier molecular flexibility index (Phi) is 5.24. The third-order valence-electron chi connectivity index (χ3n) is 4.50. The predicted octanol–water partition coefficient (Wildman–Crippen LogP) is 2.56. The molecule has 3 rings (SSSR count). The molecule has 0 aliphatic carbocycles. The van der Waals surface area contributed by atoms with E-state index < -0.39 is 11.5 Å². The monoisotopic (exact) mass is 347 g/mol. The summed E-state index contributed by atoms with van der Waals surface area (Å²) in [4.78, 5) is 17.2. The topological polar surface area (TPSA) is 66.2 Å². The van der Waals surface area contributed by atoms with Crippen molar-refractivity contribution in [2.24, 2.45) is 5.41 Å². The molecular formula is C18H22FN3O3. The Morgan fingerprint density at radius 1 is 1.36 bits per heavy atom. The lowest BCUT2D eigenvalue weighted by molar-refractivity contribution is -0.224. The van der Waals surface area contributed by atoms with Crippen LogP contribution in [-0.4, -0.2) is 40.1 Å². The molecule has 1 fully saturated rings. The van der Waals surface area contributed by atoms with E-state index in [-0.39, 0.29) is 17.9 Å². The smallest absolute Gasteiger partial charge is 0.168 e. The van der Waals surface area contributed by atoms with Gasteiger partial charge in [-0.3, -0.25) is 4.79 Å². The van der Waals surface area contributed by atoms with Gasteiger partial charge in [0.25, 0.3) is 0 Å². The molecular weight excluding hydrogens is 325 g/mol. The fraction of sp³-hybridized carbons (Fsp3) is 0.500. The Labute approximate surface area is 146 Å². The van der Waals surface area contributed by atoms with Gasteiger partial charge in [0.2, 0.25) is 0 Å². The summed E-state index contributed by atoms with van der Waals surface area (Å²) < 4.78 is 26.0. The molecule has 1 aliphatic rings. The average Bonchev–Trinajstić information content (AvgIpc) is 3.16. The molecule has 1 saturated heterocycles. The lowest BCUT2D eigenvalue weighted by atomic mass is 9.81. The van der Waals surface area contributed by atoms with Crippen molar-refractivity contribution in [3.8, 4) is 0 Å². The Morgan fingerprint density at radius 3 is 2.60 bits per heavy atom. The maximum absolute atomic E-state index is 13.3. The summed E-state index contributed by atoms with van der Waals surface area (Å²) >= 11 is 0. The fourth-order valence-electron chi connectivity index (χ4n) is 2.95. The number of hydrogen-bond donors (Lipinski definition) is 0. The first-order valence-corrected chi connectivity index (χ1v) is 8.38. The first-order valence-electron chi connectivity index (χ1n) is 8.38. The summed E-state index contributed by atoms with van der Waals surface area (Å²) in [6, 6.07) is 5.58. The standard InChI is InChI=1S/C18H22FN3O3/c1-3-16-24-9-18(2,10-25-16)17(23)15(22-12-20-11-21-22)8-13-4-6-14(19)7-5-13/h4-7,11-12,15-16H,3,8-10H2,1-2H3. The second-order valence-corrected chi connectivity index (χ2v) is 6.61. The van der Waals surface area contributed by atoms with Crippen LogP contribution in [0, 0.1) is 11.2 Å². The lowest BCUT2D eigenvalue weighted by Gasteiger charge is -2.37. The number of nitrogens with zero attached hydrogens (tertiary/aromatic N) is 3. The molecule has 0 saturated carbocycles. The van der Waals surface area contributed by atoms with Crippen molar-refractivity contribution in [1.82, 2.24) is 14.8 Å². The largest absolute Gasteiger partial charge is 0.352 e. The van der Waals surface area contributed by atoms with Crippen molar-refractivity contribution in [3.63, 3.8) is 0 Å². The van der Waals surface area contributed by atoms with Crippen molar-refractivity contribution in [3.05, 3.63) is 48.3 Å². The SMILES string of the molecule is CCC1OCC(C)(C(=O)C(Cc2ccc(F)cc2)n2cncn2)CO1. The van der Waals surface area contributed by atoms with Gasteiger partial charge in [-0.1, -0.05) is 19.1 Å². The van der Waals surface area contributed by atoms with E-state index in [1.807, 2.05) is 13.8 Å². The van der Waals surface area contributed by atoms with E-state index in [1.54, 1.807) is 16.8 Å². The number of benzene rings is 1. The van der Waals surface area contributed by atoms with Gasteiger partial charge in [0, 0.05) is 6.42 Å². The van der Waals surface area contributed by atoms with Gasteiger partial charge in [0.15, 0.2) is 12.1 Å². The van der Waals surface area contributed by atoms with E-state index in [2.05, 4.69) is 10.1 Å². The minimum atomic E-state index is -0.762. The van der Waals surface area contributed by atoms with E-state index >= 15 is 0 Å². The van der Waals surface area contributed by atoms with Crippen LogP contribution in [0.3, 0.4) is 0 Å². The summed E-state index contributed by atoms with van der Waals surface area (Å²) in [6.45, 7) is 4.43. The second kappa shape index (κ2) is 7.41. The molecule has 25 heavy (non-hydrogen) atoms. The number of rotatable bonds is 6. The maximum atomic E-state index is 13.3. The van der Waals surface area contributed by atoms with Gasteiger partial charge in [0.05, 0.1) is 18.6 Å². The number of ether oxygens (including phenoxy) is 2. The van der Waals surface area contributed by atoms with E-state index in [0.717, 1.165) is 12.0 Å². The van der Waals surface area contributed by atoms with Crippen LogP contribution in [0.4, 0.5) is 4.39 Å². The zero-order chi connectivity index (χ0) is 17.9. The highest BCUT2D eigenvalue weighted by Gasteiger charge is 2.43. The molecule has 1 aromatic carbocycles. The van der Waals surface area contributed by atoms with E-state index in [0.29, 0.717) is 19.6 Å². The van der Waals surface area contributed by atoms with Gasteiger partial charge in [-0.15, -0.1) is 0 Å².